The second kappa shape index (κ2) is 7.37. The Morgan fingerprint density at radius 1 is 1.20 bits per heavy atom. The molecule has 2 aromatic heterocycles. The van der Waals surface area contributed by atoms with E-state index in [0.29, 0.717) is 36.1 Å². The third-order valence-corrected chi connectivity index (χ3v) is 5.76. The van der Waals surface area contributed by atoms with E-state index < -0.39 is 5.60 Å². The second-order valence-electron chi connectivity index (χ2n) is 8.54. The maximum atomic E-state index is 13.2. The van der Waals surface area contributed by atoms with Crippen molar-refractivity contribution in [2.24, 2.45) is 0 Å². The Labute approximate surface area is 174 Å². The first-order chi connectivity index (χ1) is 14.5. The number of β-amino-alcohol motifs (C(OH)–C–C–N with tert-alkyl or cyclic N) is 1. The van der Waals surface area contributed by atoms with Gasteiger partial charge in [-0.3, -0.25) is 9.78 Å². The molecule has 1 aromatic carbocycles. The van der Waals surface area contributed by atoms with Crippen LogP contribution in [-0.4, -0.2) is 57.9 Å². The highest BCUT2D eigenvalue weighted by atomic mass is 16.3. The van der Waals surface area contributed by atoms with Gasteiger partial charge in [0.05, 0.1) is 29.9 Å². The molecular weight excluding hydrogens is 380 g/mol. The van der Waals surface area contributed by atoms with E-state index in [2.05, 4.69) is 15.6 Å². The van der Waals surface area contributed by atoms with Gasteiger partial charge in [-0.1, -0.05) is 24.3 Å². The predicted octanol–water partition coefficient (Wildman–Crippen LogP) is 1.72. The Morgan fingerprint density at radius 2 is 2.03 bits per heavy atom. The number of para-hydroxylation sites is 1. The van der Waals surface area contributed by atoms with Crippen LogP contribution in [0.1, 0.15) is 19.8 Å². The largest absolute Gasteiger partial charge is 0.386 e. The number of anilines is 2. The number of hydrogen-bond donors (Lipinski definition) is 4. The maximum absolute atomic E-state index is 13.2. The summed E-state index contributed by atoms with van der Waals surface area (Å²) in [5, 5.41) is 18.0. The van der Waals surface area contributed by atoms with Gasteiger partial charge in [0, 0.05) is 18.0 Å². The summed E-state index contributed by atoms with van der Waals surface area (Å²) >= 11 is 0. The minimum Gasteiger partial charge on any atom is -0.386 e. The van der Waals surface area contributed by atoms with Crippen LogP contribution >= 0.6 is 0 Å². The third kappa shape index (κ3) is 3.64. The van der Waals surface area contributed by atoms with Gasteiger partial charge in [0.25, 0.3) is 5.56 Å². The Morgan fingerprint density at radius 3 is 2.80 bits per heavy atom. The molecule has 0 aliphatic carbocycles. The molecule has 4 heterocycles. The standard InChI is InChI=1S/C22H26N6O2/c1-22(30)12-28(13-22)21-26-19(24-15-6-4-10-23-11-15)18(20(29)27-21)17-9-8-14-5-2-3-7-16(14)25-17/h2-3,5,7-9,15,23,30H,4,6,10-13H2,1H3,(H2,24,26,27,29). The molecule has 4 N–H and O–H groups in total. The van der Waals surface area contributed by atoms with Crippen LogP contribution in [0.15, 0.2) is 41.2 Å². The molecule has 8 heteroatoms. The van der Waals surface area contributed by atoms with Crippen molar-refractivity contribution in [2.45, 2.75) is 31.4 Å². The lowest BCUT2D eigenvalue weighted by molar-refractivity contribution is 0.0300. The van der Waals surface area contributed by atoms with E-state index in [-0.39, 0.29) is 11.6 Å². The van der Waals surface area contributed by atoms with Crippen molar-refractivity contribution in [3.63, 3.8) is 0 Å². The fourth-order valence-electron chi connectivity index (χ4n) is 4.25. The van der Waals surface area contributed by atoms with Crippen molar-refractivity contribution in [1.29, 1.82) is 0 Å². The van der Waals surface area contributed by atoms with Crippen molar-refractivity contribution in [3.05, 3.63) is 46.8 Å². The zero-order valence-corrected chi connectivity index (χ0v) is 17.0. The van der Waals surface area contributed by atoms with E-state index in [1.54, 1.807) is 6.92 Å². The van der Waals surface area contributed by atoms with Crippen LogP contribution in [0.2, 0.25) is 0 Å². The molecule has 0 radical (unpaired) electrons. The molecule has 30 heavy (non-hydrogen) atoms. The van der Waals surface area contributed by atoms with Crippen LogP contribution in [-0.2, 0) is 0 Å². The molecule has 2 saturated heterocycles. The quantitative estimate of drug-likeness (QED) is 0.523. The van der Waals surface area contributed by atoms with Crippen LogP contribution in [0.4, 0.5) is 11.8 Å². The molecule has 156 valence electrons. The van der Waals surface area contributed by atoms with E-state index in [0.717, 1.165) is 36.8 Å². The summed E-state index contributed by atoms with van der Waals surface area (Å²) in [4.78, 5) is 27.4. The topological polar surface area (TPSA) is 106 Å². The van der Waals surface area contributed by atoms with Gasteiger partial charge < -0.3 is 20.6 Å². The number of H-pyrrole nitrogens is 1. The van der Waals surface area contributed by atoms with E-state index in [9.17, 15) is 9.90 Å². The van der Waals surface area contributed by atoms with Gasteiger partial charge in [-0.2, -0.15) is 4.98 Å². The van der Waals surface area contributed by atoms with E-state index in [4.69, 9.17) is 9.97 Å². The molecule has 5 rings (SSSR count). The number of aromatic nitrogens is 3. The average molecular weight is 406 g/mol. The fraction of sp³-hybridized carbons (Fsp3) is 0.409. The maximum Gasteiger partial charge on any atom is 0.263 e. The van der Waals surface area contributed by atoms with Crippen molar-refractivity contribution in [1.82, 2.24) is 20.3 Å². The number of nitrogens with zero attached hydrogens (tertiary/aromatic N) is 3. The Hall–Kier alpha value is -2.97. The number of piperidine rings is 1. The molecule has 1 unspecified atom stereocenters. The van der Waals surface area contributed by atoms with Gasteiger partial charge in [-0.25, -0.2) is 4.98 Å². The van der Waals surface area contributed by atoms with Gasteiger partial charge in [0.2, 0.25) is 5.95 Å². The van der Waals surface area contributed by atoms with Crippen LogP contribution in [0, 0.1) is 0 Å². The minimum atomic E-state index is -0.752. The van der Waals surface area contributed by atoms with Crippen LogP contribution in [0.3, 0.4) is 0 Å². The van der Waals surface area contributed by atoms with Gasteiger partial charge in [0.15, 0.2) is 0 Å². The van der Waals surface area contributed by atoms with Crippen molar-refractivity contribution in [3.8, 4) is 11.3 Å². The highest BCUT2D eigenvalue weighted by Gasteiger charge is 2.38. The van der Waals surface area contributed by atoms with Crippen molar-refractivity contribution in [2.75, 3.05) is 36.4 Å². The summed E-state index contributed by atoms with van der Waals surface area (Å²) in [5.74, 6) is 1.01. The molecule has 1 atom stereocenters. The molecule has 0 spiro atoms. The number of fused-ring (bicyclic) bond motifs is 1. The first-order valence-corrected chi connectivity index (χ1v) is 10.4. The monoisotopic (exact) mass is 406 g/mol. The Kier molecular flexibility index (Phi) is 4.67. The molecular formula is C22H26N6O2. The van der Waals surface area contributed by atoms with E-state index in [1.165, 1.54) is 0 Å². The number of rotatable bonds is 4. The first kappa shape index (κ1) is 19.0. The minimum absolute atomic E-state index is 0.194. The second-order valence-corrected chi connectivity index (χ2v) is 8.54. The van der Waals surface area contributed by atoms with Gasteiger partial charge in [-0.15, -0.1) is 0 Å². The van der Waals surface area contributed by atoms with Gasteiger partial charge >= 0.3 is 0 Å². The van der Waals surface area contributed by atoms with E-state index >= 15 is 0 Å². The number of aromatic amines is 1. The highest BCUT2D eigenvalue weighted by Crippen LogP contribution is 2.29. The summed E-state index contributed by atoms with van der Waals surface area (Å²) in [5.41, 5.74) is 0.888. The molecule has 0 saturated carbocycles. The first-order valence-electron chi connectivity index (χ1n) is 10.4. The molecule has 2 fully saturated rings. The molecule has 2 aliphatic rings. The number of hydrogen-bond acceptors (Lipinski definition) is 7. The zero-order valence-electron chi connectivity index (χ0n) is 17.0. The lowest BCUT2D eigenvalue weighted by Crippen LogP contribution is -2.60. The summed E-state index contributed by atoms with van der Waals surface area (Å²) in [6.45, 7) is 4.49. The molecule has 3 aromatic rings. The smallest absolute Gasteiger partial charge is 0.263 e. The number of aliphatic hydroxyl groups is 1. The summed E-state index contributed by atoms with van der Waals surface area (Å²) < 4.78 is 0. The van der Waals surface area contributed by atoms with Crippen molar-refractivity contribution < 1.29 is 5.11 Å². The highest BCUT2D eigenvalue weighted by molar-refractivity contribution is 5.83. The molecule has 0 bridgehead atoms. The summed E-state index contributed by atoms with van der Waals surface area (Å²) in [6, 6.07) is 11.9. The lowest BCUT2D eigenvalue weighted by Gasteiger charge is -2.44. The summed E-state index contributed by atoms with van der Waals surface area (Å²) in [7, 11) is 0. The van der Waals surface area contributed by atoms with E-state index in [1.807, 2.05) is 41.3 Å². The number of benzene rings is 1. The van der Waals surface area contributed by atoms with Crippen LogP contribution in [0.25, 0.3) is 22.2 Å². The van der Waals surface area contributed by atoms with Crippen LogP contribution in [0.5, 0.6) is 0 Å². The number of pyridine rings is 1. The van der Waals surface area contributed by atoms with Gasteiger partial charge in [-0.05, 0) is 38.4 Å². The normalized spacial score (nSPS) is 20.7. The molecule has 8 nitrogen and oxygen atoms in total. The van der Waals surface area contributed by atoms with Crippen molar-refractivity contribution >= 4 is 22.7 Å². The number of nitrogens with one attached hydrogen (secondary N) is 3. The van der Waals surface area contributed by atoms with Gasteiger partial charge in [0.1, 0.15) is 11.4 Å². The third-order valence-electron chi connectivity index (χ3n) is 5.76. The average Bonchev–Trinajstić information content (AvgIpc) is 2.72. The van der Waals surface area contributed by atoms with Crippen LogP contribution < -0.4 is 21.1 Å². The Balaban J connectivity index is 1.57. The Bertz CT molecular complexity index is 1130. The molecule has 0 amide bonds. The molecule has 2 aliphatic heterocycles. The fourth-order valence-corrected chi connectivity index (χ4v) is 4.25. The lowest BCUT2D eigenvalue weighted by atomic mass is 9.98. The predicted molar refractivity (Wildman–Crippen MR) is 118 cm³/mol. The zero-order chi connectivity index (χ0) is 20.7. The SMILES string of the molecule is CC1(O)CN(c2nc(NC3CCCNC3)c(-c3ccc4ccccc4n3)c(=O)[nH]2)C1. The summed E-state index contributed by atoms with van der Waals surface area (Å²) in [6.07, 6.45) is 2.09.